The zero-order valence-corrected chi connectivity index (χ0v) is 16.8. The average molecular weight is 377 g/mol. The van der Waals surface area contributed by atoms with Crippen molar-refractivity contribution in [3.8, 4) is 5.88 Å². The van der Waals surface area contributed by atoms with Gasteiger partial charge in [-0.1, -0.05) is 12.8 Å². The molecule has 7 nitrogen and oxygen atoms in total. The van der Waals surface area contributed by atoms with Crippen LogP contribution in [0.1, 0.15) is 49.9 Å². The molecule has 150 valence electrons. The molecule has 0 saturated heterocycles. The molecule has 0 radical (unpaired) electrons. The first-order chi connectivity index (χ1) is 12.9. The summed E-state index contributed by atoms with van der Waals surface area (Å²) in [5, 5.41) is 0. The third-order valence-corrected chi connectivity index (χ3v) is 4.82. The van der Waals surface area contributed by atoms with E-state index in [1.165, 1.54) is 12.8 Å². The Kier molecular flexibility index (Phi) is 8.03. The van der Waals surface area contributed by atoms with E-state index in [0.29, 0.717) is 31.1 Å². The fraction of sp³-hybridized carbons (Fsp3) is 0.650. The molecule has 0 spiro atoms. The Hall–Kier alpha value is -2.15. The topological polar surface area (TPSA) is 72.0 Å². The smallest absolute Gasteiger partial charge is 0.259 e. The van der Waals surface area contributed by atoms with E-state index >= 15 is 0 Å². The van der Waals surface area contributed by atoms with Gasteiger partial charge in [0.2, 0.25) is 5.88 Å². The number of likely N-dealkylation sites (N-methyl/N-ethyl adjacent to an activating group) is 2. The summed E-state index contributed by atoms with van der Waals surface area (Å²) in [5.74, 6) is 0.0988. The number of carbonyl (C=O) groups is 2. The molecule has 0 aromatic carbocycles. The van der Waals surface area contributed by atoms with Crippen LogP contribution < -0.4 is 4.74 Å². The fourth-order valence-electron chi connectivity index (χ4n) is 3.20. The highest BCUT2D eigenvalue weighted by molar-refractivity contribution is 5.96. The molecule has 0 bridgehead atoms. The largest absolute Gasteiger partial charge is 0.477 e. The lowest BCUT2D eigenvalue weighted by Gasteiger charge is -2.26. The van der Waals surface area contributed by atoms with Gasteiger partial charge in [0.05, 0.1) is 12.7 Å². The first kappa shape index (κ1) is 21.2. The summed E-state index contributed by atoms with van der Waals surface area (Å²) in [6.07, 6.45) is 5.75. The van der Waals surface area contributed by atoms with Crippen LogP contribution in [-0.2, 0) is 9.53 Å². The second kappa shape index (κ2) is 10.3. The quantitative estimate of drug-likeness (QED) is 0.661. The normalized spacial score (nSPS) is 15.4. The van der Waals surface area contributed by atoms with Crippen molar-refractivity contribution in [2.75, 3.05) is 33.8 Å². The van der Waals surface area contributed by atoms with Crippen LogP contribution >= 0.6 is 0 Å². The summed E-state index contributed by atoms with van der Waals surface area (Å²) >= 11 is 0. The summed E-state index contributed by atoms with van der Waals surface area (Å²) in [6.45, 7) is 4.94. The van der Waals surface area contributed by atoms with Crippen LogP contribution in [0.5, 0.6) is 5.88 Å². The Morgan fingerprint density at radius 2 is 1.89 bits per heavy atom. The highest BCUT2D eigenvalue weighted by Crippen LogP contribution is 2.22. The van der Waals surface area contributed by atoms with Crippen molar-refractivity contribution in [1.82, 2.24) is 14.8 Å². The Morgan fingerprint density at radius 1 is 1.22 bits per heavy atom. The van der Waals surface area contributed by atoms with Crippen LogP contribution in [0.4, 0.5) is 0 Å². The lowest BCUT2D eigenvalue weighted by atomic mass is 10.2. The molecule has 1 aliphatic carbocycles. The highest BCUT2D eigenvalue weighted by Gasteiger charge is 2.25. The number of hydrogen-bond acceptors (Lipinski definition) is 5. The van der Waals surface area contributed by atoms with Gasteiger partial charge in [-0.3, -0.25) is 9.59 Å². The standard InChI is InChI=1S/C20H31N3O4/c1-5-26-18-17(11-8-12-21-18)20(25)23(4)14-13-22(3)19(24)15(2)27-16-9-6-7-10-16/h8,11-12,15-16H,5-7,9-10,13-14H2,1-4H3. The molecule has 1 atom stereocenters. The fourth-order valence-corrected chi connectivity index (χ4v) is 3.20. The van der Waals surface area contributed by atoms with Gasteiger partial charge in [0.25, 0.3) is 11.8 Å². The van der Waals surface area contributed by atoms with E-state index in [0.717, 1.165) is 12.8 Å². The second-order valence-electron chi connectivity index (χ2n) is 6.96. The van der Waals surface area contributed by atoms with E-state index in [4.69, 9.17) is 9.47 Å². The molecular weight excluding hydrogens is 346 g/mol. The minimum atomic E-state index is -0.456. The van der Waals surface area contributed by atoms with Crippen molar-refractivity contribution >= 4 is 11.8 Å². The minimum Gasteiger partial charge on any atom is -0.477 e. The molecule has 1 aliphatic rings. The predicted molar refractivity (Wildman–Crippen MR) is 103 cm³/mol. The number of ether oxygens (including phenoxy) is 2. The van der Waals surface area contributed by atoms with Crippen molar-refractivity contribution in [3.63, 3.8) is 0 Å². The van der Waals surface area contributed by atoms with Crippen molar-refractivity contribution in [3.05, 3.63) is 23.9 Å². The SMILES string of the molecule is CCOc1ncccc1C(=O)N(C)CCN(C)C(=O)C(C)OC1CCCC1. The number of aromatic nitrogens is 1. The lowest BCUT2D eigenvalue weighted by Crippen LogP contribution is -2.42. The minimum absolute atomic E-state index is 0.0564. The van der Waals surface area contributed by atoms with Crippen LogP contribution in [0.2, 0.25) is 0 Å². The summed E-state index contributed by atoms with van der Waals surface area (Å²) < 4.78 is 11.3. The molecule has 1 saturated carbocycles. The van der Waals surface area contributed by atoms with E-state index in [2.05, 4.69) is 4.98 Å². The van der Waals surface area contributed by atoms with Gasteiger partial charge in [-0.25, -0.2) is 4.98 Å². The first-order valence-corrected chi connectivity index (χ1v) is 9.67. The zero-order valence-electron chi connectivity index (χ0n) is 16.8. The lowest BCUT2D eigenvalue weighted by molar-refractivity contribution is -0.144. The van der Waals surface area contributed by atoms with Crippen LogP contribution in [-0.4, -0.2) is 72.6 Å². The van der Waals surface area contributed by atoms with E-state index in [9.17, 15) is 9.59 Å². The van der Waals surface area contributed by atoms with Crippen molar-refractivity contribution < 1.29 is 19.1 Å². The Morgan fingerprint density at radius 3 is 2.56 bits per heavy atom. The number of nitrogens with zero attached hydrogens (tertiary/aromatic N) is 3. The Bertz CT molecular complexity index is 631. The average Bonchev–Trinajstić information content (AvgIpc) is 3.18. The molecule has 0 N–H and O–H groups in total. The maximum atomic E-state index is 12.7. The van der Waals surface area contributed by atoms with Crippen LogP contribution in [0.15, 0.2) is 18.3 Å². The summed E-state index contributed by atoms with van der Waals surface area (Å²) in [6, 6.07) is 3.41. The monoisotopic (exact) mass is 377 g/mol. The van der Waals surface area contributed by atoms with Gasteiger partial charge in [0, 0.05) is 33.4 Å². The molecule has 1 aromatic heterocycles. The molecule has 1 unspecified atom stereocenters. The number of hydrogen-bond donors (Lipinski definition) is 0. The maximum Gasteiger partial charge on any atom is 0.259 e. The van der Waals surface area contributed by atoms with Crippen molar-refractivity contribution in [2.45, 2.75) is 51.7 Å². The molecular formula is C20H31N3O4. The second-order valence-corrected chi connectivity index (χ2v) is 6.96. The number of amides is 2. The van der Waals surface area contributed by atoms with Crippen molar-refractivity contribution in [2.24, 2.45) is 0 Å². The van der Waals surface area contributed by atoms with Crippen LogP contribution in [0.25, 0.3) is 0 Å². The third kappa shape index (κ3) is 5.92. The Balaban J connectivity index is 1.85. The predicted octanol–water partition coefficient (Wildman–Crippen LogP) is 2.36. The molecule has 2 amide bonds. The van der Waals surface area contributed by atoms with E-state index in [1.807, 2.05) is 6.92 Å². The van der Waals surface area contributed by atoms with E-state index in [-0.39, 0.29) is 17.9 Å². The number of carbonyl (C=O) groups excluding carboxylic acids is 2. The molecule has 27 heavy (non-hydrogen) atoms. The maximum absolute atomic E-state index is 12.7. The van der Waals surface area contributed by atoms with Gasteiger partial charge in [0.15, 0.2) is 0 Å². The molecule has 1 fully saturated rings. The molecule has 1 aromatic rings. The van der Waals surface area contributed by atoms with Crippen molar-refractivity contribution in [1.29, 1.82) is 0 Å². The number of pyridine rings is 1. The van der Waals surface area contributed by atoms with Gasteiger partial charge >= 0.3 is 0 Å². The van der Waals surface area contributed by atoms with Crippen LogP contribution in [0.3, 0.4) is 0 Å². The van der Waals surface area contributed by atoms with Gasteiger partial charge in [-0.05, 0) is 38.8 Å². The van der Waals surface area contributed by atoms with Gasteiger partial charge < -0.3 is 19.3 Å². The van der Waals surface area contributed by atoms with Gasteiger partial charge in [-0.2, -0.15) is 0 Å². The first-order valence-electron chi connectivity index (χ1n) is 9.67. The molecule has 0 aliphatic heterocycles. The summed E-state index contributed by atoms with van der Waals surface area (Å²) in [7, 11) is 3.45. The summed E-state index contributed by atoms with van der Waals surface area (Å²) in [4.78, 5) is 32.5. The van der Waals surface area contributed by atoms with Gasteiger partial charge in [-0.15, -0.1) is 0 Å². The van der Waals surface area contributed by atoms with Crippen LogP contribution in [0, 0.1) is 0 Å². The van der Waals surface area contributed by atoms with E-state index in [1.54, 1.807) is 49.1 Å². The van der Waals surface area contributed by atoms with E-state index < -0.39 is 6.10 Å². The summed E-state index contributed by atoms with van der Waals surface area (Å²) in [5.41, 5.74) is 0.425. The van der Waals surface area contributed by atoms with Gasteiger partial charge in [0.1, 0.15) is 11.7 Å². The zero-order chi connectivity index (χ0) is 19.8. The molecule has 2 rings (SSSR count). The Labute approximate surface area is 161 Å². The molecule has 1 heterocycles. The molecule has 7 heteroatoms. The third-order valence-electron chi connectivity index (χ3n) is 4.82. The highest BCUT2D eigenvalue weighted by atomic mass is 16.5. The number of rotatable bonds is 9.